The number of unbranched alkanes of at least 4 members (excludes halogenated alkanes) is 10. The highest BCUT2D eigenvalue weighted by Crippen LogP contribution is 2.66. The Hall–Kier alpha value is -1.54. The van der Waals surface area contributed by atoms with Crippen molar-refractivity contribution >= 4 is 23.3 Å². The number of ketones is 2. The summed E-state index contributed by atoms with van der Waals surface area (Å²) in [6, 6.07) is 0. The third-order valence-corrected chi connectivity index (χ3v) is 13.1. The lowest BCUT2D eigenvalue weighted by atomic mass is 9.47. The van der Waals surface area contributed by atoms with E-state index in [1.54, 1.807) is 24.8 Å². The molecule has 0 saturated heterocycles. The molecule has 0 radical (unpaired) electrons. The molecule has 49 heavy (non-hydrogen) atoms. The highest BCUT2D eigenvalue weighted by atomic mass is 32.2. The Morgan fingerprint density at radius 1 is 0.939 bits per heavy atom. The number of hydrogen-bond donors (Lipinski definition) is 2. The Morgan fingerprint density at radius 3 is 2.35 bits per heavy atom. The molecule has 0 aliphatic heterocycles. The molecular formula is C42H65FO5S. The van der Waals surface area contributed by atoms with Crippen LogP contribution in [0.5, 0.6) is 0 Å². The first-order valence-corrected chi connectivity index (χ1v) is 20.9. The maximum absolute atomic E-state index is 17.1. The lowest BCUT2D eigenvalue weighted by molar-refractivity contribution is -0.222. The minimum absolute atomic E-state index is 0.0213. The number of alkyl halides is 1. The molecule has 0 bridgehead atoms. The second-order valence-electron chi connectivity index (χ2n) is 15.4. The lowest BCUT2D eigenvalue weighted by Gasteiger charge is -2.61. The zero-order valence-electron chi connectivity index (χ0n) is 30.5. The average molecular weight is 701 g/mol. The van der Waals surface area contributed by atoms with E-state index in [1.807, 2.05) is 0 Å². The van der Waals surface area contributed by atoms with E-state index in [1.165, 1.54) is 76.4 Å². The maximum atomic E-state index is 17.1. The van der Waals surface area contributed by atoms with Crippen molar-refractivity contribution in [2.45, 2.75) is 153 Å². The Kier molecular flexibility index (Phi) is 16.3. The van der Waals surface area contributed by atoms with Crippen molar-refractivity contribution < 1.29 is 28.9 Å². The van der Waals surface area contributed by atoms with Crippen LogP contribution < -0.4 is 0 Å². The Labute approximate surface area is 300 Å². The van der Waals surface area contributed by atoms with Gasteiger partial charge in [-0.1, -0.05) is 81.4 Å². The van der Waals surface area contributed by atoms with Crippen LogP contribution in [0.4, 0.5) is 4.39 Å². The zero-order chi connectivity index (χ0) is 35.2. The van der Waals surface area contributed by atoms with E-state index >= 15 is 4.39 Å². The molecule has 2 N–H and O–H groups in total. The molecule has 4 aliphatic carbocycles. The van der Waals surface area contributed by atoms with Crippen molar-refractivity contribution in [1.29, 1.82) is 0 Å². The molecule has 0 aromatic heterocycles. The Morgan fingerprint density at radius 2 is 1.61 bits per heavy atom. The summed E-state index contributed by atoms with van der Waals surface area (Å²) in [7, 11) is 0. The number of hydrogen-bond acceptors (Lipinski definition) is 6. The highest BCUT2D eigenvalue weighted by Gasteiger charge is 2.71. The molecule has 276 valence electrons. The van der Waals surface area contributed by atoms with Crippen LogP contribution in [0, 0.1) is 23.2 Å². The monoisotopic (exact) mass is 700 g/mol. The normalized spacial score (nSPS) is 32.4. The van der Waals surface area contributed by atoms with E-state index in [0.717, 1.165) is 50.2 Å². The quantitative estimate of drug-likeness (QED) is 0.0816. The predicted octanol–water partition coefficient (Wildman–Crippen LogP) is 9.61. The molecule has 7 atom stereocenters. The Balaban J connectivity index is 1.01. The number of allylic oxidation sites excluding steroid dienone is 8. The number of fused-ring (bicyclic) bond motifs is 5. The number of halogens is 1. The highest BCUT2D eigenvalue weighted by molar-refractivity contribution is 7.99. The summed E-state index contributed by atoms with van der Waals surface area (Å²) in [5, 5.41) is 23.2. The van der Waals surface area contributed by atoms with Gasteiger partial charge in [0.25, 0.3) is 0 Å². The van der Waals surface area contributed by atoms with Gasteiger partial charge in [0.15, 0.2) is 11.5 Å². The van der Waals surface area contributed by atoms with E-state index in [0.29, 0.717) is 31.4 Å². The first-order valence-electron chi connectivity index (χ1n) is 19.7. The fourth-order valence-corrected chi connectivity index (χ4v) is 10.2. The van der Waals surface area contributed by atoms with E-state index < -0.39 is 34.6 Å². The van der Waals surface area contributed by atoms with Gasteiger partial charge < -0.3 is 14.9 Å². The molecule has 0 aromatic carbocycles. The molecule has 0 amide bonds. The molecule has 3 fully saturated rings. The summed E-state index contributed by atoms with van der Waals surface area (Å²) >= 11 is 1.61. The molecule has 0 heterocycles. The number of Topliss-reactive ketones (excluding diaryl/α,β-unsaturated/α-hetero) is 1. The van der Waals surface area contributed by atoms with Gasteiger partial charge in [-0.15, -0.1) is 0 Å². The van der Waals surface area contributed by atoms with Gasteiger partial charge in [0, 0.05) is 36.9 Å². The van der Waals surface area contributed by atoms with Crippen molar-refractivity contribution in [2.24, 2.45) is 23.2 Å². The fraction of sp³-hybridized carbons (Fsp3) is 0.762. The number of thioether (sulfide) groups is 1. The van der Waals surface area contributed by atoms with Gasteiger partial charge >= 0.3 is 0 Å². The number of carbonyl (C=O) groups is 2. The number of aliphatic hydroxyl groups excluding tert-OH is 1. The molecule has 0 spiro atoms. The third-order valence-electron chi connectivity index (χ3n) is 12.1. The van der Waals surface area contributed by atoms with Crippen molar-refractivity contribution in [3.63, 3.8) is 0 Å². The van der Waals surface area contributed by atoms with Crippen LogP contribution in [0.1, 0.15) is 136 Å². The molecule has 0 aromatic rings. The van der Waals surface area contributed by atoms with Crippen molar-refractivity contribution in [2.75, 3.05) is 24.7 Å². The summed E-state index contributed by atoms with van der Waals surface area (Å²) in [5.74, 6) is -0.400. The van der Waals surface area contributed by atoms with Gasteiger partial charge in [0.1, 0.15) is 5.78 Å². The number of rotatable bonds is 23. The van der Waals surface area contributed by atoms with Gasteiger partial charge in [-0.3, -0.25) is 9.59 Å². The van der Waals surface area contributed by atoms with E-state index in [4.69, 9.17) is 4.74 Å². The average Bonchev–Trinajstić information content (AvgIpc) is 3.42. The maximum Gasteiger partial charge on any atom is 0.178 e. The van der Waals surface area contributed by atoms with Crippen LogP contribution in [0.25, 0.3) is 0 Å². The Bertz CT molecular complexity index is 1180. The summed E-state index contributed by atoms with van der Waals surface area (Å²) in [5.41, 5.74) is -3.69. The second kappa shape index (κ2) is 19.9. The summed E-state index contributed by atoms with van der Waals surface area (Å²) in [4.78, 5) is 25.4. The van der Waals surface area contributed by atoms with Crippen LogP contribution in [-0.2, 0) is 14.3 Å². The van der Waals surface area contributed by atoms with Gasteiger partial charge in [-0.2, -0.15) is 11.8 Å². The van der Waals surface area contributed by atoms with E-state index in [2.05, 4.69) is 31.2 Å². The minimum Gasteiger partial charge on any atom is -0.390 e. The molecule has 5 nitrogen and oxygen atoms in total. The molecule has 4 aliphatic rings. The lowest BCUT2D eigenvalue weighted by Crippen LogP contribution is -2.69. The van der Waals surface area contributed by atoms with Crippen LogP contribution in [-0.4, -0.2) is 63.9 Å². The zero-order valence-corrected chi connectivity index (χ0v) is 31.3. The second-order valence-corrected chi connectivity index (χ2v) is 16.5. The molecule has 5 unspecified atom stereocenters. The molecule has 7 heteroatoms. The van der Waals surface area contributed by atoms with Gasteiger partial charge in [0.2, 0.25) is 0 Å². The first-order chi connectivity index (χ1) is 23.7. The number of aliphatic hydroxyl groups is 2. The van der Waals surface area contributed by atoms with Crippen molar-refractivity contribution in [3.8, 4) is 0 Å². The summed E-state index contributed by atoms with van der Waals surface area (Å²) in [6.45, 7) is 5.59. The van der Waals surface area contributed by atoms with Crippen LogP contribution in [0.2, 0.25) is 0 Å². The third kappa shape index (κ3) is 10.1. The number of ether oxygens (including phenoxy) is 1. The molecular weight excluding hydrogens is 636 g/mol. The van der Waals surface area contributed by atoms with E-state index in [-0.39, 0.29) is 23.9 Å². The van der Waals surface area contributed by atoms with Gasteiger partial charge in [-0.25, -0.2) is 4.39 Å². The minimum atomic E-state index is -1.97. The first kappa shape index (κ1) is 40.2. The summed E-state index contributed by atoms with van der Waals surface area (Å²) < 4.78 is 22.9. The van der Waals surface area contributed by atoms with Crippen LogP contribution in [0.15, 0.2) is 48.1 Å². The van der Waals surface area contributed by atoms with Crippen molar-refractivity contribution in [3.05, 3.63) is 48.1 Å². The fourth-order valence-electron chi connectivity index (χ4n) is 9.25. The van der Waals surface area contributed by atoms with E-state index in [9.17, 15) is 19.8 Å². The smallest absolute Gasteiger partial charge is 0.178 e. The van der Waals surface area contributed by atoms with Crippen molar-refractivity contribution in [1.82, 2.24) is 0 Å². The predicted molar refractivity (Wildman–Crippen MR) is 200 cm³/mol. The SMILES string of the molecule is CCCCC/C=C\C/C=C\CCCCCCCCOCCCCSCC(=O)C1CC[C@H]2C3CCC4=CC(=O)C=CC4(C)[C@@]3(F)C(O)CC12O. The van der Waals surface area contributed by atoms with Gasteiger partial charge in [0.05, 0.1) is 17.5 Å². The largest absolute Gasteiger partial charge is 0.390 e. The standard InChI is InChI=1S/C42H65FO5S/c1-3-4-5-6-7-8-9-10-11-12-13-14-15-16-17-18-27-48-28-19-20-29-49-32-38(45)37-24-23-35-36-22-21-33-30-34(44)25-26-40(33,2)42(36,43)39(46)31-41(35,37)47/h7-8,10-11,25-26,30,35-37,39,46-47H,3-6,9,12-24,27-29,31-32H2,1-2H3/b8-7-,11-10-/t35-,36?,37?,39?,40?,41?,42-/m0/s1. The van der Waals surface area contributed by atoms with Crippen LogP contribution >= 0.6 is 11.8 Å². The summed E-state index contributed by atoms with van der Waals surface area (Å²) in [6.07, 6.45) is 31.3. The molecule has 3 saturated carbocycles. The number of carbonyl (C=O) groups excluding carboxylic acids is 2. The van der Waals surface area contributed by atoms with Crippen LogP contribution in [0.3, 0.4) is 0 Å². The van der Waals surface area contributed by atoms with Gasteiger partial charge in [-0.05, 0) is 108 Å². The molecule has 4 rings (SSSR count). The topological polar surface area (TPSA) is 83.8 Å².